The van der Waals surface area contributed by atoms with Crippen LogP contribution >= 0.6 is 0 Å². The van der Waals surface area contributed by atoms with Crippen molar-refractivity contribution in [2.75, 3.05) is 11.9 Å². The zero-order valence-corrected chi connectivity index (χ0v) is 14.0. The summed E-state index contributed by atoms with van der Waals surface area (Å²) < 4.78 is 18.4. The van der Waals surface area contributed by atoms with E-state index in [1.165, 1.54) is 12.1 Å². The van der Waals surface area contributed by atoms with Gasteiger partial charge in [-0.2, -0.15) is 0 Å². The van der Waals surface area contributed by atoms with Crippen LogP contribution in [0.15, 0.2) is 36.4 Å². The van der Waals surface area contributed by atoms with Crippen molar-refractivity contribution in [1.29, 1.82) is 0 Å². The Morgan fingerprint density at radius 1 is 1.12 bits per heavy atom. The summed E-state index contributed by atoms with van der Waals surface area (Å²) in [4.78, 5) is 23.9. The third-order valence-corrected chi connectivity index (χ3v) is 3.75. The Kier molecular flexibility index (Phi) is 5.68. The number of anilines is 1. The van der Waals surface area contributed by atoms with Crippen molar-refractivity contribution in [3.8, 4) is 0 Å². The molecule has 0 fully saturated rings. The van der Waals surface area contributed by atoms with Gasteiger partial charge in [-0.1, -0.05) is 31.2 Å². The van der Waals surface area contributed by atoms with Gasteiger partial charge < -0.3 is 10.1 Å². The van der Waals surface area contributed by atoms with E-state index in [4.69, 9.17) is 4.74 Å². The fourth-order valence-electron chi connectivity index (χ4n) is 2.31. The quantitative estimate of drug-likeness (QED) is 0.849. The number of aryl methyl sites for hydroxylation is 3. The van der Waals surface area contributed by atoms with E-state index in [2.05, 4.69) is 5.32 Å². The number of nitrogens with one attached hydrogen (secondary N) is 1. The number of esters is 1. The number of hydrogen-bond acceptors (Lipinski definition) is 3. The summed E-state index contributed by atoms with van der Waals surface area (Å²) in [6.07, 6.45) is 0.778. The molecule has 4 nitrogen and oxygen atoms in total. The predicted octanol–water partition coefficient (Wildman–Crippen LogP) is 3.80. The largest absolute Gasteiger partial charge is 0.452 e. The first-order valence-corrected chi connectivity index (χ1v) is 7.74. The van der Waals surface area contributed by atoms with Gasteiger partial charge in [0.05, 0.1) is 5.56 Å². The van der Waals surface area contributed by atoms with Crippen molar-refractivity contribution in [3.05, 3.63) is 64.5 Å². The standard InChI is InChI=1S/C19H20FNO3/c1-4-14-7-5-6-13(3)18(14)21-17(22)11-24-19(23)15-9-8-12(2)16(20)10-15/h5-10H,4,11H2,1-3H3,(H,21,22). The predicted molar refractivity (Wildman–Crippen MR) is 90.6 cm³/mol. The average molecular weight is 329 g/mol. The van der Waals surface area contributed by atoms with E-state index in [-0.39, 0.29) is 5.56 Å². The molecule has 0 saturated heterocycles. The zero-order chi connectivity index (χ0) is 17.7. The molecule has 24 heavy (non-hydrogen) atoms. The third kappa shape index (κ3) is 4.19. The van der Waals surface area contributed by atoms with Crippen LogP contribution in [-0.4, -0.2) is 18.5 Å². The lowest BCUT2D eigenvalue weighted by Gasteiger charge is -2.13. The van der Waals surface area contributed by atoms with E-state index in [0.29, 0.717) is 5.56 Å². The van der Waals surface area contributed by atoms with Crippen molar-refractivity contribution in [2.24, 2.45) is 0 Å². The molecule has 0 radical (unpaired) electrons. The summed E-state index contributed by atoms with van der Waals surface area (Å²) in [6.45, 7) is 5.07. The second-order valence-corrected chi connectivity index (χ2v) is 5.55. The molecular formula is C19H20FNO3. The maximum absolute atomic E-state index is 13.5. The Morgan fingerprint density at radius 2 is 1.88 bits per heavy atom. The van der Waals surface area contributed by atoms with Crippen molar-refractivity contribution < 1.29 is 18.7 Å². The highest BCUT2D eigenvalue weighted by molar-refractivity contribution is 5.96. The molecule has 2 rings (SSSR count). The fraction of sp³-hybridized carbons (Fsp3) is 0.263. The maximum atomic E-state index is 13.5. The van der Waals surface area contributed by atoms with Gasteiger partial charge in [0.2, 0.25) is 0 Å². The van der Waals surface area contributed by atoms with Gasteiger partial charge in [-0.3, -0.25) is 4.79 Å². The summed E-state index contributed by atoms with van der Waals surface area (Å²) in [7, 11) is 0. The number of benzene rings is 2. The van der Waals surface area contributed by atoms with E-state index >= 15 is 0 Å². The molecular weight excluding hydrogens is 309 g/mol. The molecule has 2 aromatic rings. The van der Waals surface area contributed by atoms with E-state index in [0.717, 1.165) is 29.3 Å². The van der Waals surface area contributed by atoms with E-state index in [1.54, 1.807) is 6.92 Å². The number of para-hydroxylation sites is 1. The lowest BCUT2D eigenvalue weighted by atomic mass is 10.1. The number of hydrogen-bond donors (Lipinski definition) is 1. The molecule has 0 heterocycles. The molecule has 0 atom stereocenters. The number of carbonyl (C=O) groups is 2. The van der Waals surface area contributed by atoms with Crippen molar-refractivity contribution >= 4 is 17.6 Å². The van der Waals surface area contributed by atoms with E-state index in [1.807, 2.05) is 32.0 Å². The second kappa shape index (κ2) is 7.73. The molecule has 0 aliphatic heterocycles. The number of rotatable bonds is 5. The monoisotopic (exact) mass is 329 g/mol. The van der Waals surface area contributed by atoms with Gasteiger partial charge in [0.15, 0.2) is 6.61 Å². The van der Waals surface area contributed by atoms with Crippen molar-refractivity contribution in [3.63, 3.8) is 0 Å². The highest BCUT2D eigenvalue weighted by Gasteiger charge is 2.13. The Hall–Kier alpha value is -2.69. The highest BCUT2D eigenvalue weighted by Crippen LogP contribution is 2.21. The summed E-state index contributed by atoms with van der Waals surface area (Å²) in [5, 5.41) is 2.77. The lowest BCUT2D eigenvalue weighted by Crippen LogP contribution is -2.22. The third-order valence-electron chi connectivity index (χ3n) is 3.75. The first-order chi connectivity index (χ1) is 11.4. The SMILES string of the molecule is CCc1cccc(C)c1NC(=O)COC(=O)c1ccc(C)c(F)c1. The number of carbonyl (C=O) groups excluding carboxylic acids is 2. The molecule has 0 aromatic heterocycles. The van der Waals surface area contributed by atoms with Gasteiger partial charge in [-0.15, -0.1) is 0 Å². The normalized spacial score (nSPS) is 10.3. The van der Waals surface area contributed by atoms with Gasteiger partial charge >= 0.3 is 5.97 Å². The highest BCUT2D eigenvalue weighted by atomic mass is 19.1. The summed E-state index contributed by atoms with van der Waals surface area (Å²) >= 11 is 0. The first kappa shape index (κ1) is 17.7. The van der Waals surface area contributed by atoms with Crippen LogP contribution in [0.1, 0.15) is 34.0 Å². The first-order valence-electron chi connectivity index (χ1n) is 7.74. The summed E-state index contributed by atoms with van der Waals surface area (Å²) in [5.41, 5.74) is 3.21. The molecule has 5 heteroatoms. The molecule has 0 spiro atoms. The molecule has 0 aliphatic rings. The maximum Gasteiger partial charge on any atom is 0.338 e. The Balaban J connectivity index is 1.98. The van der Waals surface area contributed by atoms with Gasteiger partial charge in [0, 0.05) is 5.69 Å². The lowest BCUT2D eigenvalue weighted by molar-refractivity contribution is -0.119. The Labute approximate surface area is 140 Å². The number of amides is 1. The Morgan fingerprint density at radius 3 is 2.54 bits per heavy atom. The molecule has 0 bridgehead atoms. The molecule has 1 N–H and O–H groups in total. The molecule has 126 valence electrons. The minimum Gasteiger partial charge on any atom is -0.452 e. The van der Waals surface area contributed by atoms with Crippen molar-refractivity contribution in [2.45, 2.75) is 27.2 Å². The zero-order valence-electron chi connectivity index (χ0n) is 14.0. The Bertz CT molecular complexity index is 771. The van der Waals surface area contributed by atoms with Gasteiger partial charge in [-0.25, -0.2) is 9.18 Å². The smallest absolute Gasteiger partial charge is 0.338 e. The number of ether oxygens (including phenoxy) is 1. The summed E-state index contributed by atoms with van der Waals surface area (Å²) in [5.74, 6) is -1.65. The van der Waals surface area contributed by atoms with Gasteiger partial charge in [-0.05, 0) is 49.1 Å². The molecule has 0 unspecified atom stereocenters. The molecule has 0 saturated carbocycles. The summed E-state index contributed by atoms with van der Waals surface area (Å²) in [6, 6.07) is 9.82. The average Bonchev–Trinajstić information content (AvgIpc) is 2.57. The van der Waals surface area contributed by atoms with E-state index < -0.39 is 24.3 Å². The van der Waals surface area contributed by atoms with Crippen LogP contribution in [0.5, 0.6) is 0 Å². The molecule has 2 aromatic carbocycles. The van der Waals surface area contributed by atoms with E-state index in [9.17, 15) is 14.0 Å². The topological polar surface area (TPSA) is 55.4 Å². The van der Waals surface area contributed by atoms with Gasteiger partial charge in [0.25, 0.3) is 5.91 Å². The molecule has 0 aliphatic carbocycles. The minimum atomic E-state index is -0.732. The van der Waals surface area contributed by atoms with Crippen LogP contribution in [0, 0.1) is 19.7 Å². The van der Waals surface area contributed by atoms with Gasteiger partial charge in [0.1, 0.15) is 5.82 Å². The van der Waals surface area contributed by atoms with Crippen LogP contribution < -0.4 is 5.32 Å². The van der Waals surface area contributed by atoms with Crippen molar-refractivity contribution in [1.82, 2.24) is 0 Å². The van der Waals surface area contributed by atoms with Crippen LogP contribution in [0.3, 0.4) is 0 Å². The second-order valence-electron chi connectivity index (χ2n) is 5.55. The fourth-order valence-corrected chi connectivity index (χ4v) is 2.31. The molecule has 1 amide bonds. The van der Waals surface area contributed by atoms with Crippen LogP contribution in [0.2, 0.25) is 0 Å². The minimum absolute atomic E-state index is 0.0797. The van der Waals surface area contributed by atoms with Crippen LogP contribution in [0.4, 0.5) is 10.1 Å². The van der Waals surface area contributed by atoms with Crippen LogP contribution in [-0.2, 0) is 16.0 Å². The van der Waals surface area contributed by atoms with Crippen LogP contribution in [0.25, 0.3) is 0 Å². The number of halogens is 1.